The summed E-state index contributed by atoms with van der Waals surface area (Å²) in [5, 5.41) is 8.61. The topological polar surface area (TPSA) is 81.8 Å². The van der Waals surface area contributed by atoms with Gasteiger partial charge in [0.05, 0.1) is 13.2 Å². The molecule has 0 saturated carbocycles. The van der Waals surface area contributed by atoms with E-state index in [1.165, 1.54) is 14.2 Å². The molecule has 0 spiro atoms. The van der Waals surface area contributed by atoms with Crippen molar-refractivity contribution in [3.05, 3.63) is 0 Å². The van der Waals surface area contributed by atoms with E-state index in [0.29, 0.717) is 0 Å². The lowest BCUT2D eigenvalue weighted by Crippen LogP contribution is -2.55. The van der Waals surface area contributed by atoms with Gasteiger partial charge < -0.3 is 20.3 Å². The first kappa shape index (κ1) is 10.3. The van der Waals surface area contributed by atoms with Crippen LogP contribution in [-0.4, -0.2) is 44.0 Å². The number of carboxylic acid groups (broad SMARTS) is 1. The third-order valence-electron chi connectivity index (χ3n) is 1.23. The molecular weight excluding hydrogens is 150 g/mol. The van der Waals surface area contributed by atoms with Gasteiger partial charge in [-0.3, -0.25) is 4.79 Å². The molecule has 0 aliphatic heterocycles. The van der Waals surface area contributed by atoms with Crippen LogP contribution in [0.3, 0.4) is 0 Å². The number of methoxy groups -OCH3 is 2. The van der Waals surface area contributed by atoms with Crippen LogP contribution in [0.2, 0.25) is 0 Å². The maximum atomic E-state index is 10.5. The van der Waals surface area contributed by atoms with Crippen molar-refractivity contribution in [3.8, 4) is 0 Å². The molecule has 0 aliphatic carbocycles. The lowest BCUT2D eigenvalue weighted by molar-refractivity contribution is -0.147. The number of ether oxygens (including phenoxy) is 2. The van der Waals surface area contributed by atoms with Crippen LogP contribution in [0.25, 0.3) is 0 Å². The molecule has 0 aromatic carbocycles. The molecule has 0 heterocycles. The number of rotatable bonds is 5. The lowest BCUT2D eigenvalue weighted by Gasteiger charge is -2.22. The summed E-state index contributed by atoms with van der Waals surface area (Å²) in [5.41, 5.74) is 3.99. The molecule has 0 radical (unpaired) electrons. The Labute approximate surface area is 65.1 Å². The molecule has 3 N–H and O–H groups in total. The highest BCUT2D eigenvalue weighted by Crippen LogP contribution is 2.01. The maximum Gasteiger partial charge on any atom is 0.328 e. The van der Waals surface area contributed by atoms with Gasteiger partial charge in [-0.15, -0.1) is 0 Å². The molecular formula is C6H13NO4. The zero-order valence-corrected chi connectivity index (χ0v) is 6.66. The fourth-order valence-corrected chi connectivity index (χ4v) is 0.680. The standard InChI is InChI=1S/C6H13NO4/c1-10-3-6(7,4-11-2)5(8)9/h3-4,7H2,1-2H3,(H,8,9). The zero-order valence-electron chi connectivity index (χ0n) is 6.66. The molecule has 0 fully saturated rings. The molecule has 0 saturated heterocycles. The largest absolute Gasteiger partial charge is 0.480 e. The SMILES string of the molecule is COCC(N)(COC)C(=O)O. The van der Waals surface area contributed by atoms with E-state index in [9.17, 15) is 4.79 Å². The maximum absolute atomic E-state index is 10.5. The third kappa shape index (κ3) is 2.83. The van der Waals surface area contributed by atoms with Gasteiger partial charge in [-0.25, -0.2) is 0 Å². The van der Waals surface area contributed by atoms with Crippen LogP contribution in [0.15, 0.2) is 0 Å². The van der Waals surface area contributed by atoms with Crippen molar-refractivity contribution in [1.82, 2.24) is 0 Å². The minimum absolute atomic E-state index is 0.0594. The van der Waals surface area contributed by atoms with Gasteiger partial charge in [0.2, 0.25) is 0 Å². The van der Waals surface area contributed by atoms with Crippen molar-refractivity contribution >= 4 is 5.97 Å². The summed E-state index contributed by atoms with van der Waals surface area (Å²) in [6.45, 7) is -0.119. The Morgan fingerprint density at radius 3 is 2.00 bits per heavy atom. The van der Waals surface area contributed by atoms with Crippen molar-refractivity contribution in [2.24, 2.45) is 5.73 Å². The molecule has 0 amide bonds. The normalized spacial score (nSPS) is 11.5. The Kier molecular flexibility index (Phi) is 4.02. The second kappa shape index (κ2) is 4.27. The summed E-state index contributed by atoms with van der Waals surface area (Å²) >= 11 is 0. The van der Waals surface area contributed by atoms with Gasteiger partial charge in [0, 0.05) is 14.2 Å². The van der Waals surface area contributed by atoms with E-state index in [0.717, 1.165) is 0 Å². The predicted molar refractivity (Wildman–Crippen MR) is 38.3 cm³/mol. The van der Waals surface area contributed by atoms with Crippen LogP contribution in [-0.2, 0) is 14.3 Å². The summed E-state index contributed by atoms with van der Waals surface area (Å²) < 4.78 is 9.27. The first-order chi connectivity index (χ1) is 5.06. The van der Waals surface area contributed by atoms with Crippen LogP contribution >= 0.6 is 0 Å². The second-order valence-corrected chi connectivity index (χ2v) is 2.33. The molecule has 5 heteroatoms. The Balaban J connectivity index is 4.13. The number of hydrogen-bond donors (Lipinski definition) is 2. The summed E-state index contributed by atoms with van der Waals surface area (Å²) in [6, 6.07) is 0. The molecule has 66 valence electrons. The quantitative estimate of drug-likeness (QED) is 0.546. The molecule has 0 rings (SSSR count). The van der Waals surface area contributed by atoms with Crippen LogP contribution in [0.5, 0.6) is 0 Å². The Morgan fingerprint density at radius 2 is 1.82 bits per heavy atom. The van der Waals surface area contributed by atoms with E-state index in [4.69, 9.17) is 10.8 Å². The minimum Gasteiger partial charge on any atom is -0.480 e. The molecule has 5 nitrogen and oxygen atoms in total. The Morgan fingerprint density at radius 1 is 1.45 bits per heavy atom. The smallest absolute Gasteiger partial charge is 0.328 e. The molecule has 0 atom stereocenters. The monoisotopic (exact) mass is 163 g/mol. The van der Waals surface area contributed by atoms with E-state index in [1.807, 2.05) is 0 Å². The van der Waals surface area contributed by atoms with Crippen molar-refractivity contribution in [2.75, 3.05) is 27.4 Å². The molecule has 0 aliphatic rings. The van der Waals surface area contributed by atoms with E-state index in [1.54, 1.807) is 0 Å². The fourth-order valence-electron chi connectivity index (χ4n) is 0.680. The highest BCUT2D eigenvalue weighted by molar-refractivity contribution is 5.78. The molecule has 0 aromatic rings. The summed E-state index contributed by atoms with van der Waals surface area (Å²) in [5.74, 6) is -1.12. The average molecular weight is 163 g/mol. The number of aliphatic carboxylic acids is 1. The average Bonchev–Trinajstić information content (AvgIpc) is 1.88. The van der Waals surface area contributed by atoms with Crippen molar-refractivity contribution in [2.45, 2.75) is 5.54 Å². The van der Waals surface area contributed by atoms with Crippen molar-refractivity contribution < 1.29 is 19.4 Å². The number of carboxylic acids is 1. The highest BCUT2D eigenvalue weighted by Gasteiger charge is 2.33. The Bertz CT molecular complexity index is 131. The third-order valence-corrected chi connectivity index (χ3v) is 1.23. The van der Waals surface area contributed by atoms with Gasteiger partial charge >= 0.3 is 5.97 Å². The van der Waals surface area contributed by atoms with Gasteiger partial charge in [-0.1, -0.05) is 0 Å². The summed E-state index contributed by atoms with van der Waals surface area (Å²) in [6.07, 6.45) is 0. The highest BCUT2D eigenvalue weighted by atomic mass is 16.5. The molecule has 0 unspecified atom stereocenters. The fraction of sp³-hybridized carbons (Fsp3) is 0.833. The molecule has 0 bridgehead atoms. The van der Waals surface area contributed by atoms with Gasteiger partial charge in [0.25, 0.3) is 0 Å². The van der Waals surface area contributed by atoms with E-state index in [-0.39, 0.29) is 13.2 Å². The van der Waals surface area contributed by atoms with Gasteiger partial charge in [-0.05, 0) is 0 Å². The summed E-state index contributed by atoms with van der Waals surface area (Å²) in [7, 11) is 2.78. The van der Waals surface area contributed by atoms with Gasteiger partial charge in [0.1, 0.15) is 0 Å². The van der Waals surface area contributed by atoms with E-state index in [2.05, 4.69) is 9.47 Å². The number of carbonyl (C=O) groups is 1. The number of nitrogens with two attached hydrogens (primary N) is 1. The second-order valence-electron chi connectivity index (χ2n) is 2.33. The Hall–Kier alpha value is -0.650. The van der Waals surface area contributed by atoms with Crippen LogP contribution in [0.1, 0.15) is 0 Å². The van der Waals surface area contributed by atoms with E-state index >= 15 is 0 Å². The van der Waals surface area contributed by atoms with E-state index < -0.39 is 11.5 Å². The minimum atomic E-state index is -1.43. The summed E-state index contributed by atoms with van der Waals surface area (Å²) in [4.78, 5) is 10.5. The first-order valence-corrected chi connectivity index (χ1v) is 3.07. The predicted octanol–water partition coefficient (Wildman–Crippen LogP) is -0.939. The van der Waals surface area contributed by atoms with Crippen LogP contribution in [0, 0.1) is 0 Å². The first-order valence-electron chi connectivity index (χ1n) is 3.07. The zero-order chi connectivity index (χ0) is 8.91. The van der Waals surface area contributed by atoms with Crippen molar-refractivity contribution in [3.63, 3.8) is 0 Å². The molecule has 11 heavy (non-hydrogen) atoms. The van der Waals surface area contributed by atoms with Gasteiger partial charge in [0.15, 0.2) is 5.54 Å². The van der Waals surface area contributed by atoms with Crippen molar-refractivity contribution in [1.29, 1.82) is 0 Å². The molecule has 0 aromatic heterocycles. The van der Waals surface area contributed by atoms with Crippen LogP contribution in [0.4, 0.5) is 0 Å². The number of hydrogen-bond acceptors (Lipinski definition) is 4. The van der Waals surface area contributed by atoms with Crippen LogP contribution < -0.4 is 5.73 Å². The van der Waals surface area contributed by atoms with Gasteiger partial charge in [-0.2, -0.15) is 0 Å². The lowest BCUT2D eigenvalue weighted by atomic mass is 10.1.